The molecule has 1 atom stereocenters. The van der Waals surface area contributed by atoms with Crippen molar-refractivity contribution >= 4 is 11.9 Å². The maximum atomic E-state index is 12.3. The molecule has 2 aromatic rings. The van der Waals surface area contributed by atoms with Crippen molar-refractivity contribution in [3.8, 4) is 11.5 Å². The van der Waals surface area contributed by atoms with Crippen LogP contribution in [0.2, 0.25) is 0 Å². The molecule has 0 spiro atoms. The molecule has 1 fully saturated rings. The maximum Gasteiger partial charge on any atom is 0.314 e. The Morgan fingerprint density at radius 1 is 1.11 bits per heavy atom. The average molecular weight is 367 g/mol. The number of carbonyl (C=O) groups excluding carboxylic acids is 2. The van der Waals surface area contributed by atoms with E-state index in [4.69, 9.17) is 10.5 Å². The van der Waals surface area contributed by atoms with E-state index in [1.165, 1.54) is 4.90 Å². The molecule has 0 unspecified atom stereocenters. The van der Waals surface area contributed by atoms with Crippen molar-refractivity contribution in [3.63, 3.8) is 0 Å². The Morgan fingerprint density at radius 2 is 1.89 bits per heavy atom. The third-order valence-electron chi connectivity index (χ3n) is 4.69. The Labute approximate surface area is 159 Å². The van der Waals surface area contributed by atoms with Crippen LogP contribution in [0.15, 0.2) is 54.6 Å². The number of amides is 3. The molecule has 0 aromatic heterocycles. The first-order chi connectivity index (χ1) is 13.1. The zero-order valence-corrected chi connectivity index (χ0v) is 15.3. The van der Waals surface area contributed by atoms with E-state index in [1.54, 1.807) is 0 Å². The fourth-order valence-electron chi connectivity index (χ4n) is 3.25. The molecule has 0 bridgehead atoms. The normalized spacial score (nSPS) is 16.6. The van der Waals surface area contributed by atoms with Gasteiger partial charge in [0.15, 0.2) is 0 Å². The molecule has 2 aromatic carbocycles. The summed E-state index contributed by atoms with van der Waals surface area (Å²) in [6, 6.07) is 17.0. The fourth-order valence-corrected chi connectivity index (χ4v) is 3.25. The number of para-hydroxylation sites is 1. The Balaban J connectivity index is 1.48. The van der Waals surface area contributed by atoms with Gasteiger partial charge >= 0.3 is 6.03 Å². The second kappa shape index (κ2) is 9.07. The first-order valence-electron chi connectivity index (χ1n) is 9.26. The summed E-state index contributed by atoms with van der Waals surface area (Å²) in [5.41, 5.74) is 6.41. The lowest BCUT2D eigenvalue weighted by Crippen LogP contribution is -2.47. The summed E-state index contributed by atoms with van der Waals surface area (Å²) in [7, 11) is 0. The van der Waals surface area contributed by atoms with Crippen LogP contribution in [0.5, 0.6) is 11.5 Å². The van der Waals surface area contributed by atoms with Crippen LogP contribution in [-0.4, -0.2) is 36.5 Å². The third kappa shape index (κ3) is 5.48. The van der Waals surface area contributed by atoms with E-state index < -0.39 is 6.03 Å². The molecule has 0 aliphatic carbocycles. The van der Waals surface area contributed by atoms with Crippen molar-refractivity contribution in [3.05, 3.63) is 60.2 Å². The lowest BCUT2D eigenvalue weighted by molar-refractivity contribution is -0.126. The molecule has 27 heavy (non-hydrogen) atoms. The summed E-state index contributed by atoms with van der Waals surface area (Å²) in [4.78, 5) is 25.2. The highest BCUT2D eigenvalue weighted by Gasteiger charge is 2.27. The molecule has 6 nitrogen and oxygen atoms in total. The quantitative estimate of drug-likeness (QED) is 0.823. The predicted octanol–water partition coefficient (Wildman–Crippen LogP) is 2.93. The largest absolute Gasteiger partial charge is 0.457 e. The Hall–Kier alpha value is -3.02. The number of benzene rings is 2. The van der Waals surface area contributed by atoms with E-state index in [-0.39, 0.29) is 11.8 Å². The van der Waals surface area contributed by atoms with Crippen LogP contribution in [0.4, 0.5) is 4.79 Å². The van der Waals surface area contributed by atoms with Gasteiger partial charge in [-0.3, -0.25) is 4.79 Å². The molecule has 1 aliphatic heterocycles. The molecule has 0 saturated carbocycles. The van der Waals surface area contributed by atoms with Gasteiger partial charge in [-0.1, -0.05) is 30.3 Å². The van der Waals surface area contributed by atoms with Crippen LogP contribution in [0, 0.1) is 5.92 Å². The van der Waals surface area contributed by atoms with E-state index in [1.807, 2.05) is 54.6 Å². The summed E-state index contributed by atoms with van der Waals surface area (Å²) in [5.74, 6) is 1.37. The number of hydrogen-bond donors (Lipinski definition) is 2. The van der Waals surface area contributed by atoms with Crippen molar-refractivity contribution in [2.45, 2.75) is 19.3 Å². The fraction of sp³-hybridized carbons (Fsp3) is 0.333. The predicted molar refractivity (Wildman–Crippen MR) is 104 cm³/mol. The second-order valence-electron chi connectivity index (χ2n) is 6.73. The highest BCUT2D eigenvalue weighted by Crippen LogP contribution is 2.22. The number of ether oxygens (including phenoxy) is 1. The third-order valence-corrected chi connectivity index (χ3v) is 4.69. The summed E-state index contributed by atoms with van der Waals surface area (Å²) >= 11 is 0. The minimum absolute atomic E-state index is 0.0161. The number of rotatable bonds is 6. The van der Waals surface area contributed by atoms with Crippen LogP contribution in [0.3, 0.4) is 0 Å². The summed E-state index contributed by atoms with van der Waals surface area (Å²) in [5, 5.41) is 2.97. The van der Waals surface area contributed by atoms with Crippen LogP contribution < -0.4 is 15.8 Å². The van der Waals surface area contributed by atoms with Crippen LogP contribution >= 0.6 is 0 Å². The van der Waals surface area contributed by atoms with E-state index in [0.29, 0.717) is 26.1 Å². The number of nitrogens with two attached hydrogens (primary N) is 1. The van der Waals surface area contributed by atoms with Gasteiger partial charge in [0.1, 0.15) is 11.5 Å². The van der Waals surface area contributed by atoms with E-state index >= 15 is 0 Å². The number of hydrogen-bond acceptors (Lipinski definition) is 3. The number of primary amides is 1. The van der Waals surface area contributed by atoms with Crippen molar-refractivity contribution in [1.29, 1.82) is 0 Å². The van der Waals surface area contributed by atoms with Crippen molar-refractivity contribution in [1.82, 2.24) is 10.2 Å². The molecule has 3 rings (SSSR count). The minimum atomic E-state index is -0.456. The minimum Gasteiger partial charge on any atom is -0.457 e. The molecule has 1 heterocycles. The van der Waals surface area contributed by atoms with Gasteiger partial charge in [0.25, 0.3) is 0 Å². The van der Waals surface area contributed by atoms with Gasteiger partial charge in [-0.25, -0.2) is 4.79 Å². The lowest BCUT2D eigenvalue weighted by atomic mass is 9.97. The van der Waals surface area contributed by atoms with E-state index in [2.05, 4.69) is 5.32 Å². The van der Waals surface area contributed by atoms with Gasteiger partial charge < -0.3 is 20.7 Å². The first kappa shape index (κ1) is 18.8. The number of urea groups is 1. The molecule has 1 saturated heterocycles. The first-order valence-corrected chi connectivity index (χ1v) is 9.26. The lowest BCUT2D eigenvalue weighted by Gasteiger charge is -2.30. The number of nitrogens with zero attached hydrogens (tertiary/aromatic N) is 1. The van der Waals surface area contributed by atoms with Crippen molar-refractivity contribution in [2.24, 2.45) is 11.7 Å². The molecule has 3 N–H and O–H groups in total. The summed E-state index contributed by atoms with van der Waals surface area (Å²) in [6.07, 6.45) is 2.31. The van der Waals surface area contributed by atoms with Crippen molar-refractivity contribution in [2.75, 3.05) is 19.6 Å². The molecular weight excluding hydrogens is 342 g/mol. The standard InChI is InChI=1S/C21H25N3O3/c22-21(26)24-13-5-7-17(15-24)20(25)23-12-11-16-6-4-10-19(14-16)27-18-8-2-1-3-9-18/h1-4,6,8-10,14,17H,5,7,11-13,15H2,(H2,22,26)(H,23,25)/t17-/m1/s1. The number of carbonyl (C=O) groups is 2. The van der Waals surface area contributed by atoms with Crippen LogP contribution in [0.1, 0.15) is 18.4 Å². The zero-order chi connectivity index (χ0) is 19.1. The topological polar surface area (TPSA) is 84.7 Å². The van der Waals surface area contributed by atoms with E-state index in [9.17, 15) is 9.59 Å². The van der Waals surface area contributed by atoms with Gasteiger partial charge in [0.2, 0.25) is 5.91 Å². The highest BCUT2D eigenvalue weighted by molar-refractivity contribution is 5.80. The molecule has 1 aliphatic rings. The smallest absolute Gasteiger partial charge is 0.314 e. The SMILES string of the molecule is NC(=O)N1CCC[C@@H](C(=O)NCCc2cccc(Oc3ccccc3)c2)C1. The van der Waals surface area contributed by atoms with Gasteiger partial charge in [0.05, 0.1) is 5.92 Å². The van der Waals surface area contributed by atoms with Gasteiger partial charge in [-0.05, 0) is 49.1 Å². The Bertz CT molecular complexity index is 779. The van der Waals surface area contributed by atoms with Crippen molar-refractivity contribution < 1.29 is 14.3 Å². The van der Waals surface area contributed by atoms with Crippen LogP contribution in [-0.2, 0) is 11.2 Å². The number of piperidine rings is 1. The highest BCUT2D eigenvalue weighted by atomic mass is 16.5. The molecule has 6 heteroatoms. The molecule has 142 valence electrons. The van der Waals surface area contributed by atoms with Gasteiger partial charge in [-0.2, -0.15) is 0 Å². The zero-order valence-electron chi connectivity index (χ0n) is 15.3. The molecule has 0 radical (unpaired) electrons. The molecule has 3 amide bonds. The summed E-state index contributed by atoms with van der Waals surface area (Å²) in [6.45, 7) is 1.58. The van der Waals surface area contributed by atoms with Gasteiger partial charge in [0, 0.05) is 19.6 Å². The average Bonchev–Trinajstić information content (AvgIpc) is 2.69. The number of likely N-dealkylation sites (tertiary alicyclic amines) is 1. The maximum absolute atomic E-state index is 12.3. The Kier molecular flexibility index (Phi) is 6.30. The monoisotopic (exact) mass is 367 g/mol. The Morgan fingerprint density at radius 3 is 2.67 bits per heavy atom. The number of nitrogens with one attached hydrogen (secondary N) is 1. The van der Waals surface area contributed by atoms with Gasteiger partial charge in [-0.15, -0.1) is 0 Å². The molecular formula is C21H25N3O3. The van der Waals surface area contributed by atoms with E-state index in [0.717, 1.165) is 29.9 Å². The van der Waals surface area contributed by atoms with Crippen LogP contribution in [0.25, 0.3) is 0 Å². The second-order valence-corrected chi connectivity index (χ2v) is 6.73. The summed E-state index contributed by atoms with van der Waals surface area (Å²) < 4.78 is 5.84.